The van der Waals surface area contributed by atoms with Gasteiger partial charge in [0, 0.05) is 22.8 Å². The van der Waals surface area contributed by atoms with E-state index in [1.807, 2.05) is 12.4 Å². The van der Waals surface area contributed by atoms with E-state index in [1.54, 1.807) is 22.7 Å². The summed E-state index contributed by atoms with van der Waals surface area (Å²) in [4.78, 5) is 10.1. The molecule has 0 saturated heterocycles. The van der Waals surface area contributed by atoms with Crippen molar-refractivity contribution >= 4 is 22.7 Å². The first-order chi connectivity index (χ1) is 7.66. The molecule has 0 radical (unpaired) electrons. The Morgan fingerprint density at radius 1 is 1.44 bits per heavy atom. The molecule has 3 nitrogen and oxygen atoms in total. The summed E-state index contributed by atoms with van der Waals surface area (Å²) < 4.78 is 0. The van der Waals surface area contributed by atoms with E-state index in [4.69, 9.17) is 0 Å². The van der Waals surface area contributed by atoms with Gasteiger partial charge in [-0.15, -0.1) is 22.7 Å². The van der Waals surface area contributed by atoms with Crippen LogP contribution in [0.3, 0.4) is 0 Å². The van der Waals surface area contributed by atoms with E-state index in [0.717, 1.165) is 22.9 Å². The molecule has 0 amide bonds. The zero-order valence-corrected chi connectivity index (χ0v) is 11.3. The van der Waals surface area contributed by atoms with Gasteiger partial charge in [-0.2, -0.15) is 0 Å². The average Bonchev–Trinajstić information content (AvgIpc) is 2.84. The minimum atomic E-state index is 0.284. The van der Waals surface area contributed by atoms with Crippen molar-refractivity contribution in [3.8, 4) is 0 Å². The van der Waals surface area contributed by atoms with Crippen LogP contribution in [0.2, 0.25) is 0 Å². The number of hydrogen-bond donors (Lipinski definition) is 1. The molecule has 0 aliphatic carbocycles. The van der Waals surface area contributed by atoms with Gasteiger partial charge in [0.2, 0.25) is 0 Å². The third-order valence-electron chi connectivity index (χ3n) is 2.42. The van der Waals surface area contributed by atoms with Crippen LogP contribution in [0.1, 0.15) is 34.2 Å². The Hall–Kier alpha value is -0.780. The van der Waals surface area contributed by atoms with E-state index in [-0.39, 0.29) is 6.04 Å². The van der Waals surface area contributed by atoms with Crippen LogP contribution >= 0.6 is 22.7 Å². The third kappa shape index (κ3) is 2.66. The highest BCUT2D eigenvalue weighted by molar-refractivity contribution is 7.11. The zero-order chi connectivity index (χ0) is 11.5. The molecular formula is C11H15N3S2. The second-order valence-corrected chi connectivity index (χ2v) is 5.88. The van der Waals surface area contributed by atoms with Gasteiger partial charge in [-0.3, -0.25) is 0 Å². The van der Waals surface area contributed by atoms with E-state index in [1.165, 1.54) is 4.88 Å². The fraction of sp³-hybridized carbons (Fsp3) is 0.455. The lowest BCUT2D eigenvalue weighted by atomic mass is 10.2. The third-order valence-corrected chi connectivity index (χ3v) is 3.96. The molecule has 2 aromatic heterocycles. The molecular weight excluding hydrogens is 238 g/mol. The summed E-state index contributed by atoms with van der Waals surface area (Å²) in [5.74, 6) is 0. The molecule has 0 aliphatic heterocycles. The van der Waals surface area contributed by atoms with Gasteiger partial charge in [0.05, 0.1) is 21.9 Å². The van der Waals surface area contributed by atoms with Gasteiger partial charge in [0.15, 0.2) is 0 Å². The molecule has 2 heterocycles. The Kier molecular flexibility index (Phi) is 3.68. The average molecular weight is 253 g/mol. The highest BCUT2D eigenvalue weighted by Gasteiger charge is 2.12. The van der Waals surface area contributed by atoms with Gasteiger partial charge < -0.3 is 5.32 Å². The zero-order valence-electron chi connectivity index (χ0n) is 9.65. The summed E-state index contributed by atoms with van der Waals surface area (Å²) >= 11 is 3.39. The van der Waals surface area contributed by atoms with Crippen LogP contribution in [0.5, 0.6) is 0 Å². The Morgan fingerprint density at radius 2 is 2.25 bits per heavy atom. The Labute approximate surface area is 104 Å². The van der Waals surface area contributed by atoms with Gasteiger partial charge in [-0.05, 0) is 20.8 Å². The molecule has 0 bridgehead atoms. The molecule has 5 heteroatoms. The van der Waals surface area contributed by atoms with Crippen LogP contribution in [0.4, 0.5) is 0 Å². The highest BCUT2D eigenvalue weighted by Crippen LogP contribution is 2.22. The van der Waals surface area contributed by atoms with Crippen LogP contribution in [-0.4, -0.2) is 9.97 Å². The minimum absolute atomic E-state index is 0.284. The van der Waals surface area contributed by atoms with Crippen LogP contribution in [-0.2, 0) is 6.54 Å². The molecule has 0 spiro atoms. The second-order valence-electron chi connectivity index (χ2n) is 3.76. The molecule has 86 valence electrons. The van der Waals surface area contributed by atoms with Gasteiger partial charge >= 0.3 is 0 Å². The smallest absolute Gasteiger partial charge is 0.0900 e. The number of nitrogens with one attached hydrogen (secondary N) is 1. The minimum Gasteiger partial charge on any atom is -0.303 e. The lowest BCUT2D eigenvalue weighted by molar-refractivity contribution is 0.556. The number of hydrogen-bond acceptors (Lipinski definition) is 5. The van der Waals surface area contributed by atoms with Crippen molar-refractivity contribution in [3.63, 3.8) is 0 Å². The van der Waals surface area contributed by atoms with Crippen molar-refractivity contribution in [2.24, 2.45) is 0 Å². The van der Waals surface area contributed by atoms with Gasteiger partial charge in [-0.1, -0.05) is 0 Å². The maximum atomic E-state index is 4.55. The number of aromatic nitrogens is 2. The summed E-state index contributed by atoms with van der Waals surface area (Å²) in [5.41, 5.74) is 4.12. The van der Waals surface area contributed by atoms with Crippen LogP contribution < -0.4 is 5.32 Å². The van der Waals surface area contributed by atoms with Gasteiger partial charge in [-0.25, -0.2) is 9.97 Å². The van der Waals surface area contributed by atoms with Crippen LogP contribution in [0, 0.1) is 13.8 Å². The van der Waals surface area contributed by atoms with E-state index in [2.05, 4.69) is 34.5 Å². The molecule has 2 rings (SSSR count). The van der Waals surface area contributed by atoms with Gasteiger partial charge in [0.1, 0.15) is 0 Å². The summed E-state index contributed by atoms with van der Waals surface area (Å²) in [6.45, 7) is 7.13. The summed E-state index contributed by atoms with van der Waals surface area (Å²) in [6.07, 6.45) is 0. The van der Waals surface area contributed by atoms with Crippen molar-refractivity contribution in [3.05, 3.63) is 32.2 Å². The van der Waals surface area contributed by atoms with Crippen molar-refractivity contribution in [2.45, 2.75) is 33.4 Å². The van der Waals surface area contributed by atoms with Crippen molar-refractivity contribution in [2.75, 3.05) is 0 Å². The molecule has 2 aromatic rings. The number of nitrogens with zero attached hydrogens (tertiary/aromatic N) is 2. The number of thiazole rings is 2. The maximum Gasteiger partial charge on any atom is 0.0900 e. The standard InChI is InChI=1S/C11H15N3S2/c1-7(11-8(2)16-9(3)14-11)12-4-10-5-15-6-13-10/h5-7,12H,4H2,1-3H3. The van der Waals surface area contributed by atoms with E-state index in [0.29, 0.717) is 0 Å². The van der Waals surface area contributed by atoms with Crippen molar-refractivity contribution < 1.29 is 0 Å². The molecule has 1 atom stereocenters. The lowest BCUT2D eigenvalue weighted by Crippen LogP contribution is -2.19. The lowest BCUT2D eigenvalue weighted by Gasteiger charge is -2.11. The Bertz CT molecular complexity index is 448. The first kappa shape index (κ1) is 11.7. The van der Waals surface area contributed by atoms with Crippen molar-refractivity contribution in [1.82, 2.24) is 15.3 Å². The predicted octanol–water partition coefficient (Wildman–Crippen LogP) is 3.07. The fourth-order valence-corrected chi connectivity index (χ4v) is 3.10. The quantitative estimate of drug-likeness (QED) is 0.910. The molecule has 16 heavy (non-hydrogen) atoms. The maximum absolute atomic E-state index is 4.55. The summed E-state index contributed by atoms with van der Waals surface area (Å²) in [5, 5.41) is 6.65. The van der Waals surface area contributed by atoms with Crippen LogP contribution in [0.15, 0.2) is 10.9 Å². The van der Waals surface area contributed by atoms with E-state index in [9.17, 15) is 0 Å². The normalized spacial score (nSPS) is 12.9. The largest absolute Gasteiger partial charge is 0.303 e. The monoisotopic (exact) mass is 253 g/mol. The number of aryl methyl sites for hydroxylation is 2. The van der Waals surface area contributed by atoms with Crippen molar-refractivity contribution in [1.29, 1.82) is 0 Å². The SMILES string of the molecule is Cc1nc(C(C)NCc2cscn2)c(C)s1. The molecule has 1 N–H and O–H groups in total. The fourth-order valence-electron chi connectivity index (χ4n) is 1.63. The first-order valence-electron chi connectivity index (χ1n) is 5.21. The summed E-state index contributed by atoms with van der Waals surface area (Å²) in [6, 6.07) is 0.284. The number of rotatable bonds is 4. The summed E-state index contributed by atoms with van der Waals surface area (Å²) in [7, 11) is 0. The van der Waals surface area contributed by atoms with E-state index >= 15 is 0 Å². The molecule has 0 aliphatic rings. The second kappa shape index (κ2) is 5.03. The van der Waals surface area contributed by atoms with Gasteiger partial charge in [0.25, 0.3) is 0 Å². The molecule has 0 aromatic carbocycles. The molecule has 1 unspecified atom stereocenters. The topological polar surface area (TPSA) is 37.8 Å². The highest BCUT2D eigenvalue weighted by atomic mass is 32.1. The Balaban J connectivity index is 1.98. The predicted molar refractivity (Wildman–Crippen MR) is 69.0 cm³/mol. The van der Waals surface area contributed by atoms with E-state index < -0.39 is 0 Å². The Morgan fingerprint density at radius 3 is 2.81 bits per heavy atom. The first-order valence-corrected chi connectivity index (χ1v) is 6.97. The van der Waals surface area contributed by atoms with Crippen LogP contribution in [0.25, 0.3) is 0 Å². The molecule has 0 fully saturated rings. The molecule has 0 saturated carbocycles.